The quantitative estimate of drug-likeness (QED) is 0.544. The van der Waals surface area contributed by atoms with E-state index in [0.29, 0.717) is 6.54 Å². The van der Waals surface area contributed by atoms with E-state index in [1.54, 1.807) is 17.1 Å². The van der Waals surface area contributed by atoms with Crippen molar-refractivity contribution in [3.8, 4) is 6.07 Å². The van der Waals surface area contributed by atoms with Crippen LogP contribution < -0.4 is 0 Å². The molecule has 1 aromatic rings. The van der Waals surface area contributed by atoms with Gasteiger partial charge >= 0.3 is 0 Å². The lowest BCUT2D eigenvalue weighted by atomic mass is 10.4. The van der Waals surface area contributed by atoms with E-state index in [9.17, 15) is 0 Å². The van der Waals surface area contributed by atoms with Gasteiger partial charge in [0.05, 0.1) is 12.3 Å². The Bertz CT molecular complexity index is 231. The van der Waals surface area contributed by atoms with Gasteiger partial charge in [0, 0.05) is 6.20 Å². The summed E-state index contributed by atoms with van der Waals surface area (Å²) in [6, 6.07) is 1.97. The molecule has 1 aromatic heterocycles. The van der Waals surface area contributed by atoms with Gasteiger partial charge in [-0.05, 0) is 12.5 Å². The van der Waals surface area contributed by atoms with Gasteiger partial charge in [0.1, 0.15) is 6.54 Å². The maximum absolute atomic E-state index is 8.20. The maximum Gasteiger partial charge on any atom is 0.128 e. The molecule has 1 radical (unpaired) electrons. The Morgan fingerprint density at radius 1 is 1.89 bits per heavy atom. The molecule has 0 N–H and O–H groups in total. The van der Waals surface area contributed by atoms with Gasteiger partial charge in [-0.15, -0.1) is 0 Å². The van der Waals surface area contributed by atoms with Crippen molar-refractivity contribution in [3.05, 3.63) is 24.9 Å². The standard InChI is InChI=1S/C6H6N3/c1-6-4-8-9(5-6)3-2-7/h4-5H,1,3H2. The summed E-state index contributed by atoms with van der Waals surface area (Å²) < 4.78 is 1.54. The van der Waals surface area contributed by atoms with Crippen molar-refractivity contribution in [1.29, 1.82) is 5.26 Å². The first-order valence-corrected chi connectivity index (χ1v) is 2.54. The Hall–Kier alpha value is -1.30. The maximum atomic E-state index is 8.20. The van der Waals surface area contributed by atoms with Crippen LogP contribution in [0.4, 0.5) is 0 Å². The third kappa shape index (κ3) is 1.29. The molecule has 0 aromatic carbocycles. The largest absolute Gasteiger partial charge is 0.258 e. The van der Waals surface area contributed by atoms with E-state index in [-0.39, 0.29) is 0 Å². The van der Waals surface area contributed by atoms with Gasteiger partial charge in [0.15, 0.2) is 0 Å². The van der Waals surface area contributed by atoms with Crippen molar-refractivity contribution in [3.63, 3.8) is 0 Å². The monoisotopic (exact) mass is 120 g/mol. The van der Waals surface area contributed by atoms with Crippen molar-refractivity contribution in [1.82, 2.24) is 9.78 Å². The fourth-order valence-electron chi connectivity index (χ4n) is 0.565. The molecule has 0 bridgehead atoms. The smallest absolute Gasteiger partial charge is 0.128 e. The predicted molar refractivity (Wildman–Crippen MR) is 32.3 cm³/mol. The summed E-state index contributed by atoms with van der Waals surface area (Å²) >= 11 is 0. The second-order valence-electron chi connectivity index (χ2n) is 1.70. The first kappa shape index (κ1) is 5.83. The molecule has 0 unspecified atom stereocenters. The SMILES string of the molecule is [CH2]c1cnn(CC#N)c1. The van der Waals surface area contributed by atoms with Crippen molar-refractivity contribution in [2.45, 2.75) is 6.54 Å². The van der Waals surface area contributed by atoms with Crippen LogP contribution in [0.1, 0.15) is 5.56 Å². The first-order chi connectivity index (χ1) is 4.33. The van der Waals surface area contributed by atoms with Crippen LogP contribution in [-0.2, 0) is 6.54 Å². The molecular weight excluding hydrogens is 114 g/mol. The molecule has 3 heteroatoms. The van der Waals surface area contributed by atoms with Crippen LogP contribution in [-0.4, -0.2) is 9.78 Å². The Labute approximate surface area is 53.5 Å². The van der Waals surface area contributed by atoms with Crippen LogP contribution in [0.3, 0.4) is 0 Å². The molecule has 0 saturated heterocycles. The number of rotatable bonds is 1. The van der Waals surface area contributed by atoms with E-state index in [4.69, 9.17) is 5.26 Å². The molecule has 1 heterocycles. The molecule has 9 heavy (non-hydrogen) atoms. The van der Waals surface area contributed by atoms with Gasteiger partial charge in [-0.3, -0.25) is 4.68 Å². The number of hydrogen-bond acceptors (Lipinski definition) is 2. The summed E-state index contributed by atoms with van der Waals surface area (Å²) in [6.45, 7) is 3.93. The Balaban J connectivity index is 2.76. The molecule has 0 aliphatic carbocycles. The average Bonchev–Trinajstić information content (AvgIpc) is 2.17. The molecule has 0 saturated carbocycles. The molecule has 0 aliphatic rings. The minimum atomic E-state index is 0.301. The zero-order chi connectivity index (χ0) is 6.69. The Kier molecular flexibility index (Phi) is 1.50. The lowest BCUT2D eigenvalue weighted by Gasteiger charge is -1.86. The van der Waals surface area contributed by atoms with Crippen LogP contribution >= 0.6 is 0 Å². The third-order valence-corrected chi connectivity index (χ3v) is 0.919. The van der Waals surface area contributed by atoms with Crippen molar-refractivity contribution < 1.29 is 0 Å². The third-order valence-electron chi connectivity index (χ3n) is 0.919. The number of aromatic nitrogens is 2. The van der Waals surface area contributed by atoms with E-state index in [1.165, 1.54) is 0 Å². The summed E-state index contributed by atoms with van der Waals surface area (Å²) in [5, 5.41) is 12.0. The van der Waals surface area contributed by atoms with E-state index in [2.05, 4.69) is 12.0 Å². The zero-order valence-corrected chi connectivity index (χ0v) is 4.91. The first-order valence-electron chi connectivity index (χ1n) is 2.54. The van der Waals surface area contributed by atoms with Gasteiger partial charge in [-0.1, -0.05) is 0 Å². The lowest BCUT2D eigenvalue weighted by Crippen LogP contribution is -1.93. The molecule has 0 aliphatic heterocycles. The fourth-order valence-corrected chi connectivity index (χ4v) is 0.565. The van der Waals surface area contributed by atoms with Crippen LogP contribution in [0.2, 0.25) is 0 Å². The highest BCUT2D eigenvalue weighted by molar-refractivity contribution is 5.07. The van der Waals surface area contributed by atoms with Crippen LogP contribution in [0, 0.1) is 18.3 Å². The topological polar surface area (TPSA) is 41.6 Å². The molecule has 0 atom stereocenters. The molecule has 1 rings (SSSR count). The average molecular weight is 120 g/mol. The predicted octanol–water partition coefficient (Wildman–Crippen LogP) is 0.589. The summed E-state index contributed by atoms with van der Waals surface area (Å²) in [4.78, 5) is 0. The van der Waals surface area contributed by atoms with Crippen molar-refractivity contribution in [2.75, 3.05) is 0 Å². The Morgan fingerprint density at radius 3 is 3.11 bits per heavy atom. The van der Waals surface area contributed by atoms with E-state index in [1.807, 2.05) is 6.07 Å². The van der Waals surface area contributed by atoms with E-state index >= 15 is 0 Å². The summed E-state index contributed by atoms with van der Waals surface area (Å²) in [5.74, 6) is 0. The fraction of sp³-hybridized carbons (Fsp3) is 0.167. The van der Waals surface area contributed by atoms with Gasteiger partial charge in [0.2, 0.25) is 0 Å². The highest BCUT2D eigenvalue weighted by Gasteiger charge is 1.89. The summed E-state index contributed by atoms with van der Waals surface area (Å²) in [7, 11) is 0. The van der Waals surface area contributed by atoms with E-state index in [0.717, 1.165) is 5.56 Å². The summed E-state index contributed by atoms with van der Waals surface area (Å²) in [6.07, 6.45) is 3.35. The molecule has 3 nitrogen and oxygen atoms in total. The van der Waals surface area contributed by atoms with Gasteiger partial charge < -0.3 is 0 Å². The minimum Gasteiger partial charge on any atom is -0.258 e. The number of nitriles is 1. The summed E-state index contributed by atoms with van der Waals surface area (Å²) in [5.41, 5.74) is 0.838. The number of hydrogen-bond donors (Lipinski definition) is 0. The van der Waals surface area contributed by atoms with Gasteiger partial charge in [-0.25, -0.2) is 0 Å². The van der Waals surface area contributed by atoms with Gasteiger partial charge in [-0.2, -0.15) is 10.4 Å². The van der Waals surface area contributed by atoms with Gasteiger partial charge in [0.25, 0.3) is 0 Å². The molecule has 0 fully saturated rings. The number of nitrogens with zero attached hydrogens (tertiary/aromatic N) is 3. The highest BCUT2D eigenvalue weighted by atomic mass is 15.3. The second kappa shape index (κ2) is 2.31. The van der Waals surface area contributed by atoms with Crippen LogP contribution in [0.25, 0.3) is 0 Å². The zero-order valence-electron chi connectivity index (χ0n) is 4.91. The molecule has 0 amide bonds. The van der Waals surface area contributed by atoms with Crippen LogP contribution in [0.15, 0.2) is 12.4 Å². The molecule has 0 spiro atoms. The minimum absolute atomic E-state index is 0.301. The van der Waals surface area contributed by atoms with E-state index < -0.39 is 0 Å². The molecular formula is C6H6N3. The normalized spacial score (nSPS) is 8.89. The second-order valence-corrected chi connectivity index (χ2v) is 1.70. The lowest BCUT2D eigenvalue weighted by molar-refractivity contribution is 0.709. The Morgan fingerprint density at radius 2 is 2.67 bits per heavy atom. The van der Waals surface area contributed by atoms with Crippen molar-refractivity contribution in [2.24, 2.45) is 0 Å². The van der Waals surface area contributed by atoms with Crippen LogP contribution in [0.5, 0.6) is 0 Å². The highest BCUT2D eigenvalue weighted by Crippen LogP contribution is 1.91. The molecule has 45 valence electrons. The van der Waals surface area contributed by atoms with Crippen molar-refractivity contribution >= 4 is 0 Å².